The van der Waals surface area contributed by atoms with E-state index in [1.54, 1.807) is 6.08 Å². The Labute approximate surface area is 416 Å². The number of aliphatic hydroxyl groups excluding tert-OH is 8. The Bertz CT molecular complexity index is 1390. The number of rotatable bonds is 41. The summed E-state index contributed by atoms with van der Waals surface area (Å²) in [6.07, 6.45) is 33.9. The Morgan fingerprint density at radius 1 is 0.522 bits per heavy atom. The lowest BCUT2D eigenvalue weighted by molar-refractivity contribution is -0.359. The molecule has 2 rings (SSSR count). The van der Waals surface area contributed by atoms with E-state index in [0.29, 0.717) is 12.8 Å². The Morgan fingerprint density at radius 2 is 0.942 bits per heavy atom. The van der Waals surface area contributed by atoms with Crippen molar-refractivity contribution >= 4 is 5.91 Å². The van der Waals surface area contributed by atoms with E-state index in [0.717, 1.165) is 51.4 Å². The predicted octanol–water partition coefficient (Wildman–Crippen LogP) is 7.83. The van der Waals surface area contributed by atoms with Crippen LogP contribution in [0.4, 0.5) is 0 Å². The summed E-state index contributed by atoms with van der Waals surface area (Å²) in [5, 5.41) is 86.9. The topological polar surface area (TPSA) is 228 Å². The van der Waals surface area contributed by atoms with Gasteiger partial charge in [-0.15, -0.1) is 0 Å². The molecule has 1 amide bonds. The SMILES string of the molecule is CC/C=C\C/C=C\C/C=C\C/C=C\C/C=C\CC(=O)NC(COC1OC(CO)C(OC2OC(CO)C(O)C(O)C2O)C(O)C1O)C(O)CCCCCCCCCCCCCCCCCCCCCC. The van der Waals surface area contributed by atoms with Crippen molar-refractivity contribution in [1.82, 2.24) is 5.32 Å². The lowest BCUT2D eigenvalue weighted by atomic mass is 9.97. The molecule has 12 unspecified atom stereocenters. The Hall–Kier alpha value is -2.31. The summed E-state index contributed by atoms with van der Waals surface area (Å²) >= 11 is 0. The van der Waals surface area contributed by atoms with Crippen LogP contribution in [0.25, 0.3) is 0 Å². The fourth-order valence-electron chi connectivity index (χ4n) is 8.66. The molecule has 0 aromatic carbocycles. The molecule has 2 heterocycles. The zero-order chi connectivity index (χ0) is 50.3. The summed E-state index contributed by atoms with van der Waals surface area (Å²) in [5.74, 6) is -0.334. The summed E-state index contributed by atoms with van der Waals surface area (Å²) < 4.78 is 22.7. The fourth-order valence-corrected chi connectivity index (χ4v) is 8.66. The summed E-state index contributed by atoms with van der Waals surface area (Å²) in [6, 6.07) is -0.885. The van der Waals surface area contributed by atoms with Gasteiger partial charge >= 0.3 is 0 Å². The third-order valence-corrected chi connectivity index (χ3v) is 13.0. The quantitative estimate of drug-likeness (QED) is 0.0211. The van der Waals surface area contributed by atoms with E-state index in [2.05, 4.69) is 61.7 Å². The highest BCUT2D eigenvalue weighted by atomic mass is 16.7. The molecule has 2 aliphatic rings. The Balaban J connectivity index is 1.83. The Kier molecular flexibility index (Phi) is 37.5. The minimum absolute atomic E-state index is 0.0703. The van der Waals surface area contributed by atoms with Crippen molar-refractivity contribution in [2.75, 3.05) is 19.8 Å². The van der Waals surface area contributed by atoms with E-state index < -0.39 is 86.8 Å². The first-order chi connectivity index (χ1) is 33.6. The molecule has 0 aromatic rings. The molecular weight excluding hydrogens is 883 g/mol. The molecular formula is C55H97NO13. The van der Waals surface area contributed by atoms with Crippen molar-refractivity contribution in [1.29, 1.82) is 0 Å². The number of ether oxygens (including phenoxy) is 4. The van der Waals surface area contributed by atoms with Crippen LogP contribution in [0.15, 0.2) is 60.8 Å². The molecule has 2 fully saturated rings. The van der Waals surface area contributed by atoms with Gasteiger partial charge in [0, 0.05) is 6.42 Å². The van der Waals surface area contributed by atoms with Gasteiger partial charge in [0.1, 0.15) is 48.8 Å². The van der Waals surface area contributed by atoms with E-state index in [-0.39, 0.29) is 18.9 Å². The largest absolute Gasteiger partial charge is 0.394 e. The highest BCUT2D eigenvalue weighted by Gasteiger charge is 2.51. The second-order valence-electron chi connectivity index (χ2n) is 19.0. The molecule has 14 nitrogen and oxygen atoms in total. The van der Waals surface area contributed by atoms with Crippen LogP contribution in [0.2, 0.25) is 0 Å². The molecule has 0 aliphatic carbocycles. The maximum absolute atomic E-state index is 13.1. The van der Waals surface area contributed by atoms with Gasteiger partial charge in [0.25, 0.3) is 0 Å². The lowest BCUT2D eigenvalue weighted by Crippen LogP contribution is -2.65. The van der Waals surface area contributed by atoms with Gasteiger partial charge in [-0.3, -0.25) is 4.79 Å². The van der Waals surface area contributed by atoms with Gasteiger partial charge < -0.3 is 65.1 Å². The zero-order valence-electron chi connectivity index (χ0n) is 42.5. The lowest BCUT2D eigenvalue weighted by Gasteiger charge is -2.46. The molecule has 0 aromatic heterocycles. The minimum Gasteiger partial charge on any atom is -0.394 e. The van der Waals surface area contributed by atoms with Crippen molar-refractivity contribution in [2.45, 2.75) is 261 Å². The summed E-state index contributed by atoms with van der Waals surface area (Å²) in [5.41, 5.74) is 0. The maximum Gasteiger partial charge on any atom is 0.224 e. The van der Waals surface area contributed by atoms with Crippen LogP contribution >= 0.6 is 0 Å². The predicted molar refractivity (Wildman–Crippen MR) is 272 cm³/mol. The third-order valence-electron chi connectivity index (χ3n) is 13.0. The van der Waals surface area contributed by atoms with E-state index in [1.807, 2.05) is 12.2 Å². The molecule has 14 heteroatoms. The number of aliphatic hydroxyl groups is 8. The summed E-state index contributed by atoms with van der Waals surface area (Å²) in [4.78, 5) is 13.1. The normalized spacial score (nSPS) is 26.6. The van der Waals surface area contributed by atoms with Crippen molar-refractivity contribution in [3.05, 3.63) is 60.8 Å². The van der Waals surface area contributed by atoms with Crippen molar-refractivity contribution < 1.29 is 64.6 Å². The second-order valence-corrected chi connectivity index (χ2v) is 19.0. The molecule has 0 bridgehead atoms. The van der Waals surface area contributed by atoms with Crippen LogP contribution in [-0.4, -0.2) is 140 Å². The highest BCUT2D eigenvalue weighted by Crippen LogP contribution is 2.30. The van der Waals surface area contributed by atoms with Crippen molar-refractivity contribution in [3.63, 3.8) is 0 Å². The van der Waals surface area contributed by atoms with E-state index in [9.17, 15) is 45.6 Å². The smallest absolute Gasteiger partial charge is 0.224 e. The second kappa shape index (κ2) is 41.2. The first kappa shape index (κ1) is 62.8. The number of carbonyl (C=O) groups is 1. The average Bonchev–Trinajstić information content (AvgIpc) is 3.35. The highest BCUT2D eigenvalue weighted by molar-refractivity contribution is 5.77. The maximum atomic E-state index is 13.1. The number of nitrogens with one attached hydrogen (secondary N) is 1. The van der Waals surface area contributed by atoms with Crippen LogP contribution in [0.1, 0.15) is 187 Å². The monoisotopic (exact) mass is 980 g/mol. The van der Waals surface area contributed by atoms with Gasteiger partial charge in [0.15, 0.2) is 12.6 Å². The fraction of sp³-hybridized carbons (Fsp3) is 0.800. The molecule has 2 saturated heterocycles. The number of hydrogen-bond donors (Lipinski definition) is 9. The summed E-state index contributed by atoms with van der Waals surface area (Å²) in [7, 11) is 0. The van der Waals surface area contributed by atoms with Gasteiger partial charge in [0.2, 0.25) is 5.91 Å². The minimum atomic E-state index is -1.79. The molecule has 2 aliphatic heterocycles. The van der Waals surface area contributed by atoms with Gasteiger partial charge in [0.05, 0.1) is 32.0 Å². The molecule has 400 valence electrons. The first-order valence-electron chi connectivity index (χ1n) is 27.0. The number of carbonyl (C=O) groups excluding carboxylic acids is 1. The van der Waals surface area contributed by atoms with Crippen LogP contribution in [-0.2, 0) is 23.7 Å². The van der Waals surface area contributed by atoms with Crippen LogP contribution in [0.3, 0.4) is 0 Å². The van der Waals surface area contributed by atoms with E-state index in [1.165, 1.54) is 103 Å². The Morgan fingerprint density at radius 3 is 1.41 bits per heavy atom. The zero-order valence-corrected chi connectivity index (χ0v) is 42.5. The molecule has 0 radical (unpaired) electrons. The standard InChI is InChI=1S/C55H97NO13/c1-3-5-7-9-11-13-15-17-19-20-21-22-23-25-26-28-30-32-34-36-38-44(59)43(56-47(60)39-37-35-33-31-29-27-24-18-16-14-12-10-8-6-4-2)42-66-54-52(65)50(63)53(46(41-58)68-54)69-55-51(64)49(62)48(61)45(40-57)67-55/h6,8,12,14,18,24,29,31,35,37,43-46,48-55,57-59,61-65H,3-5,7,9-11,13,15-17,19-23,25-28,30,32-34,36,38-42H2,1-2H3,(H,56,60)/b8-6-,14-12-,24-18-,31-29-,37-35-. The summed E-state index contributed by atoms with van der Waals surface area (Å²) in [6.45, 7) is 2.67. The van der Waals surface area contributed by atoms with Crippen molar-refractivity contribution in [2.24, 2.45) is 0 Å². The van der Waals surface area contributed by atoms with Crippen LogP contribution in [0.5, 0.6) is 0 Å². The first-order valence-corrected chi connectivity index (χ1v) is 27.0. The van der Waals surface area contributed by atoms with E-state index >= 15 is 0 Å². The van der Waals surface area contributed by atoms with Gasteiger partial charge in [-0.1, -0.05) is 203 Å². The molecule has 9 N–H and O–H groups in total. The van der Waals surface area contributed by atoms with E-state index in [4.69, 9.17) is 18.9 Å². The van der Waals surface area contributed by atoms with Crippen molar-refractivity contribution in [3.8, 4) is 0 Å². The van der Waals surface area contributed by atoms with Gasteiger partial charge in [-0.25, -0.2) is 0 Å². The number of allylic oxidation sites excluding steroid dienone is 9. The van der Waals surface area contributed by atoms with Crippen LogP contribution in [0, 0.1) is 0 Å². The third kappa shape index (κ3) is 27.9. The number of unbranched alkanes of at least 4 members (excludes halogenated alkanes) is 19. The van der Waals surface area contributed by atoms with Gasteiger partial charge in [-0.2, -0.15) is 0 Å². The number of hydrogen-bond acceptors (Lipinski definition) is 13. The molecule has 12 atom stereocenters. The number of amides is 1. The van der Waals surface area contributed by atoms with Crippen LogP contribution < -0.4 is 5.32 Å². The molecule has 0 spiro atoms. The average molecular weight is 980 g/mol. The molecule has 0 saturated carbocycles. The molecule has 69 heavy (non-hydrogen) atoms. The van der Waals surface area contributed by atoms with Gasteiger partial charge in [-0.05, 0) is 38.5 Å².